The summed E-state index contributed by atoms with van der Waals surface area (Å²) in [4.78, 5) is 8.08. The van der Waals surface area contributed by atoms with Crippen LogP contribution in [0.3, 0.4) is 0 Å². The van der Waals surface area contributed by atoms with E-state index in [4.69, 9.17) is 0 Å². The van der Waals surface area contributed by atoms with E-state index in [9.17, 15) is 0 Å². The molecule has 1 aliphatic rings. The molecule has 2 atom stereocenters. The Hall–Kier alpha value is -0.840. The summed E-state index contributed by atoms with van der Waals surface area (Å²) in [6.07, 6.45) is 2.00. The summed E-state index contributed by atoms with van der Waals surface area (Å²) in [7, 11) is 6.51. The van der Waals surface area contributed by atoms with Crippen LogP contribution >= 0.6 is 0 Å². The molecule has 1 aromatic heterocycles. The third kappa shape index (κ3) is 2.29. The fourth-order valence-corrected chi connectivity index (χ4v) is 2.54. The van der Waals surface area contributed by atoms with E-state index in [-0.39, 0.29) is 0 Å². The third-order valence-corrected chi connectivity index (χ3v) is 3.42. The lowest BCUT2D eigenvalue weighted by Gasteiger charge is -2.40. The largest absolute Gasteiger partial charge is 0.364 e. The van der Waals surface area contributed by atoms with Crippen LogP contribution in [0.2, 0.25) is 0 Å². The molecule has 4 heteroatoms. The zero-order valence-electron chi connectivity index (χ0n) is 10.4. The average Bonchev–Trinajstić information content (AvgIpc) is 2.74. The van der Waals surface area contributed by atoms with Crippen LogP contribution in [0.25, 0.3) is 0 Å². The lowest BCUT2D eigenvalue weighted by atomic mass is 10.0. The second-order valence-corrected chi connectivity index (χ2v) is 4.79. The predicted molar refractivity (Wildman–Crippen MR) is 66.5 cm³/mol. The summed E-state index contributed by atoms with van der Waals surface area (Å²) in [5, 5.41) is 3.48. The van der Waals surface area contributed by atoms with Crippen LogP contribution in [0.4, 0.5) is 0 Å². The van der Waals surface area contributed by atoms with E-state index in [0.717, 1.165) is 19.6 Å². The van der Waals surface area contributed by atoms with Crippen molar-refractivity contribution < 1.29 is 0 Å². The van der Waals surface area contributed by atoms with Gasteiger partial charge in [0, 0.05) is 37.6 Å². The van der Waals surface area contributed by atoms with Crippen LogP contribution in [0, 0.1) is 0 Å². The Morgan fingerprint density at radius 2 is 2.31 bits per heavy atom. The number of H-pyrrole nitrogens is 1. The van der Waals surface area contributed by atoms with E-state index in [2.05, 4.69) is 53.4 Å². The Bertz CT molecular complexity index is 307. The van der Waals surface area contributed by atoms with Gasteiger partial charge in [-0.15, -0.1) is 0 Å². The summed E-state index contributed by atoms with van der Waals surface area (Å²) in [6.45, 7) is 3.27. The molecule has 0 radical (unpaired) electrons. The molecule has 1 aliphatic heterocycles. The van der Waals surface area contributed by atoms with Crippen molar-refractivity contribution in [3.63, 3.8) is 0 Å². The first kappa shape index (κ1) is 11.6. The smallest absolute Gasteiger partial charge is 0.0663 e. The lowest BCUT2D eigenvalue weighted by Crippen LogP contribution is -2.54. The summed E-state index contributed by atoms with van der Waals surface area (Å²) in [5.41, 5.74) is 1.30. The zero-order valence-corrected chi connectivity index (χ0v) is 10.4. The van der Waals surface area contributed by atoms with Crippen LogP contribution in [0.15, 0.2) is 18.3 Å². The minimum atomic E-state index is 0.424. The van der Waals surface area contributed by atoms with Gasteiger partial charge in [0.2, 0.25) is 0 Å². The molecule has 1 saturated heterocycles. The number of aromatic amines is 1. The second-order valence-electron chi connectivity index (χ2n) is 4.79. The van der Waals surface area contributed by atoms with E-state index in [1.807, 2.05) is 6.20 Å². The van der Waals surface area contributed by atoms with Gasteiger partial charge in [0.15, 0.2) is 0 Å². The molecule has 1 aromatic rings. The summed E-state index contributed by atoms with van der Waals surface area (Å²) in [5.74, 6) is 0. The molecule has 0 amide bonds. The van der Waals surface area contributed by atoms with Gasteiger partial charge in [-0.2, -0.15) is 0 Å². The normalized spacial score (nSPS) is 24.9. The molecule has 0 spiro atoms. The highest BCUT2D eigenvalue weighted by Crippen LogP contribution is 2.24. The summed E-state index contributed by atoms with van der Waals surface area (Å²) >= 11 is 0. The number of hydrogen-bond acceptors (Lipinski definition) is 3. The quantitative estimate of drug-likeness (QED) is 0.782. The van der Waals surface area contributed by atoms with Crippen LogP contribution in [0.1, 0.15) is 11.7 Å². The van der Waals surface area contributed by atoms with Crippen molar-refractivity contribution in [1.82, 2.24) is 20.1 Å². The van der Waals surface area contributed by atoms with Gasteiger partial charge in [-0.3, -0.25) is 9.80 Å². The molecular weight excluding hydrogens is 200 g/mol. The van der Waals surface area contributed by atoms with Gasteiger partial charge in [-0.25, -0.2) is 0 Å². The van der Waals surface area contributed by atoms with E-state index in [0.29, 0.717) is 12.1 Å². The SMILES string of the molecule is CN(C)C(c1ccc[nH]1)C1CNCCN1C. The number of nitrogens with one attached hydrogen (secondary N) is 2. The molecular formula is C12H22N4. The third-order valence-electron chi connectivity index (χ3n) is 3.42. The molecule has 0 bridgehead atoms. The standard InChI is InChI=1S/C12H22N4/c1-15(2)12(10-5-4-6-14-10)11-9-13-7-8-16(11)3/h4-6,11-14H,7-9H2,1-3H3. The molecule has 1 fully saturated rings. The maximum Gasteiger partial charge on any atom is 0.0663 e. The molecule has 16 heavy (non-hydrogen) atoms. The Morgan fingerprint density at radius 3 is 2.88 bits per heavy atom. The van der Waals surface area contributed by atoms with Crippen molar-refractivity contribution in [3.8, 4) is 0 Å². The average molecular weight is 222 g/mol. The van der Waals surface area contributed by atoms with Crippen LogP contribution in [0.5, 0.6) is 0 Å². The van der Waals surface area contributed by atoms with Crippen LogP contribution < -0.4 is 5.32 Å². The molecule has 90 valence electrons. The van der Waals surface area contributed by atoms with E-state index >= 15 is 0 Å². The van der Waals surface area contributed by atoms with Gasteiger partial charge >= 0.3 is 0 Å². The van der Waals surface area contributed by atoms with Crippen molar-refractivity contribution >= 4 is 0 Å². The van der Waals surface area contributed by atoms with Crippen molar-refractivity contribution in [2.75, 3.05) is 40.8 Å². The molecule has 2 unspecified atom stereocenters. The molecule has 4 nitrogen and oxygen atoms in total. The first-order valence-corrected chi connectivity index (χ1v) is 5.91. The van der Waals surface area contributed by atoms with E-state index in [1.165, 1.54) is 5.69 Å². The maximum atomic E-state index is 3.48. The van der Waals surface area contributed by atoms with Gasteiger partial charge in [0.05, 0.1) is 6.04 Å². The number of likely N-dealkylation sites (N-methyl/N-ethyl adjacent to an activating group) is 2. The minimum absolute atomic E-state index is 0.424. The first-order chi connectivity index (χ1) is 7.70. The molecule has 2 N–H and O–H groups in total. The Morgan fingerprint density at radius 1 is 1.50 bits per heavy atom. The molecule has 0 aliphatic carbocycles. The number of nitrogens with zero attached hydrogens (tertiary/aromatic N) is 2. The summed E-state index contributed by atoms with van der Waals surface area (Å²) < 4.78 is 0. The Balaban J connectivity index is 2.18. The highest BCUT2D eigenvalue weighted by molar-refractivity contribution is 5.12. The van der Waals surface area contributed by atoms with Crippen molar-refractivity contribution in [3.05, 3.63) is 24.0 Å². The van der Waals surface area contributed by atoms with Gasteiger partial charge in [0.25, 0.3) is 0 Å². The number of hydrogen-bond donors (Lipinski definition) is 2. The van der Waals surface area contributed by atoms with Gasteiger partial charge < -0.3 is 10.3 Å². The molecule has 2 heterocycles. The Labute approximate surface area is 97.6 Å². The van der Waals surface area contributed by atoms with Crippen LogP contribution in [-0.2, 0) is 0 Å². The van der Waals surface area contributed by atoms with Crippen LogP contribution in [-0.4, -0.2) is 61.6 Å². The first-order valence-electron chi connectivity index (χ1n) is 5.91. The van der Waals surface area contributed by atoms with Gasteiger partial charge in [-0.1, -0.05) is 0 Å². The Kier molecular flexibility index (Phi) is 3.63. The van der Waals surface area contributed by atoms with Crippen molar-refractivity contribution in [2.24, 2.45) is 0 Å². The number of rotatable bonds is 3. The van der Waals surface area contributed by atoms with E-state index in [1.54, 1.807) is 0 Å². The molecule has 0 aromatic carbocycles. The predicted octanol–water partition coefficient (Wildman–Crippen LogP) is 0.521. The maximum absolute atomic E-state index is 3.48. The lowest BCUT2D eigenvalue weighted by molar-refractivity contribution is 0.105. The topological polar surface area (TPSA) is 34.3 Å². The number of aromatic nitrogens is 1. The summed E-state index contributed by atoms with van der Waals surface area (Å²) in [6, 6.07) is 5.20. The van der Waals surface area contributed by atoms with Crippen molar-refractivity contribution in [2.45, 2.75) is 12.1 Å². The highest BCUT2D eigenvalue weighted by Gasteiger charge is 2.30. The molecule has 2 rings (SSSR count). The second kappa shape index (κ2) is 4.99. The minimum Gasteiger partial charge on any atom is -0.364 e. The number of piperazine rings is 1. The zero-order chi connectivity index (χ0) is 11.5. The van der Waals surface area contributed by atoms with Gasteiger partial charge in [-0.05, 0) is 33.3 Å². The monoisotopic (exact) mass is 222 g/mol. The van der Waals surface area contributed by atoms with E-state index < -0.39 is 0 Å². The molecule has 0 saturated carbocycles. The van der Waals surface area contributed by atoms with Gasteiger partial charge in [0.1, 0.15) is 0 Å². The fourth-order valence-electron chi connectivity index (χ4n) is 2.54. The van der Waals surface area contributed by atoms with Crippen molar-refractivity contribution in [1.29, 1.82) is 0 Å². The fraction of sp³-hybridized carbons (Fsp3) is 0.667. The highest BCUT2D eigenvalue weighted by atomic mass is 15.3.